The molecule has 4 aromatic rings. The number of amides is 2. The van der Waals surface area contributed by atoms with Crippen LogP contribution in [0.3, 0.4) is 0 Å². The molecular weight excluding hydrogens is 721 g/mol. The summed E-state index contributed by atoms with van der Waals surface area (Å²) >= 11 is 0. The molecular formula is C50H60N4O4. The number of ether oxygens (including phenoxy) is 2. The Bertz CT molecular complexity index is 2110. The second-order valence-electron chi connectivity index (χ2n) is 18.5. The number of hydrogen-bond acceptors (Lipinski definition) is 6. The van der Waals surface area contributed by atoms with Gasteiger partial charge in [-0.3, -0.25) is 20.4 Å². The van der Waals surface area contributed by atoms with Crippen molar-refractivity contribution in [1.29, 1.82) is 10.8 Å². The molecule has 4 saturated carbocycles. The van der Waals surface area contributed by atoms with Crippen LogP contribution in [0.5, 0.6) is 0 Å². The van der Waals surface area contributed by atoms with Gasteiger partial charge in [0.1, 0.15) is 13.2 Å². The summed E-state index contributed by atoms with van der Waals surface area (Å²) in [6, 6.07) is 19.1. The van der Waals surface area contributed by atoms with Crippen molar-refractivity contribution in [3.8, 4) is 0 Å². The van der Waals surface area contributed by atoms with Crippen molar-refractivity contribution in [2.45, 2.75) is 143 Å². The third-order valence-electron chi connectivity index (χ3n) is 14.2. The van der Waals surface area contributed by atoms with Gasteiger partial charge in [-0.2, -0.15) is 0 Å². The van der Waals surface area contributed by atoms with Crippen LogP contribution in [0, 0.1) is 66.2 Å². The molecule has 0 spiro atoms. The van der Waals surface area contributed by atoms with E-state index >= 15 is 0 Å². The van der Waals surface area contributed by atoms with E-state index in [4.69, 9.17) is 20.3 Å². The smallest absolute Gasteiger partial charge is 0.221 e. The first-order valence-corrected chi connectivity index (χ1v) is 20.6. The topological polar surface area (TPSA) is 124 Å². The van der Waals surface area contributed by atoms with Crippen molar-refractivity contribution in [1.82, 2.24) is 0 Å². The van der Waals surface area contributed by atoms with Crippen LogP contribution in [0.15, 0.2) is 48.5 Å². The van der Waals surface area contributed by atoms with Gasteiger partial charge in [-0.15, -0.1) is 0 Å². The molecule has 8 nitrogen and oxygen atoms in total. The molecule has 58 heavy (non-hydrogen) atoms. The third kappa shape index (κ3) is 6.92. The highest BCUT2D eigenvalue weighted by Crippen LogP contribution is 2.75. The lowest BCUT2D eigenvalue weighted by Crippen LogP contribution is -2.67. The molecule has 8 rings (SSSR count). The number of nitrogens with one attached hydrogen (secondary N) is 4. The number of hydrogen-bond donors (Lipinski definition) is 4. The van der Waals surface area contributed by atoms with Crippen LogP contribution in [0.25, 0.3) is 0 Å². The maximum absolute atomic E-state index is 12.4. The number of anilines is 2. The summed E-state index contributed by atoms with van der Waals surface area (Å²) in [7, 11) is 0. The Morgan fingerprint density at radius 1 is 0.483 bits per heavy atom. The summed E-state index contributed by atoms with van der Waals surface area (Å²) in [5.41, 5.74) is 17.7. The minimum absolute atomic E-state index is 0.0699. The van der Waals surface area contributed by atoms with Gasteiger partial charge in [-0.25, -0.2) is 0 Å². The van der Waals surface area contributed by atoms with Crippen LogP contribution in [0.4, 0.5) is 11.4 Å². The third-order valence-corrected chi connectivity index (χ3v) is 14.2. The average Bonchev–Trinajstić information content (AvgIpc) is 3.13. The summed E-state index contributed by atoms with van der Waals surface area (Å²) < 4.78 is 11.1. The van der Waals surface area contributed by atoms with E-state index in [2.05, 4.69) is 115 Å². The zero-order chi connectivity index (χ0) is 41.9. The minimum Gasteiger partial charge on any atom is -0.479 e. The fourth-order valence-corrected chi connectivity index (χ4v) is 12.5. The lowest BCUT2D eigenvalue weighted by atomic mass is 9.32. The lowest BCUT2D eigenvalue weighted by Gasteiger charge is -2.71. The molecule has 4 N–H and O–H groups in total. The van der Waals surface area contributed by atoms with E-state index in [1.807, 2.05) is 0 Å². The second-order valence-corrected chi connectivity index (χ2v) is 18.5. The quantitative estimate of drug-likeness (QED) is 0.0844. The summed E-state index contributed by atoms with van der Waals surface area (Å²) in [5, 5.41) is 21.3. The average molecular weight is 781 g/mol. The van der Waals surface area contributed by atoms with Gasteiger partial charge in [0.25, 0.3) is 0 Å². The molecule has 4 bridgehead atoms. The van der Waals surface area contributed by atoms with E-state index in [1.165, 1.54) is 44.5 Å². The molecule has 4 aromatic carbocycles. The Kier molecular flexibility index (Phi) is 10.5. The normalized spacial score (nSPS) is 24.3. The molecule has 0 unspecified atom stereocenters. The van der Waals surface area contributed by atoms with E-state index < -0.39 is 0 Å². The summed E-state index contributed by atoms with van der Waals surface area (Å²) in [6.07, 6.45) is 8.07. The first-order chi connectivity index (χ1) is 27.4. The zero-order valence-electron chi connectivity index (χ0n) is 36.1. The Hall–Kier alpha value is -5.24. The Balaban J connectivity index is 1.54. The van der Waals surface area contributed by atoms with Crippen molar-refractivity contribution >= 4 is 36.0 Å². The van der Waals surface area contributed by atoms with E-state index in [0.717, 1.165) is 96.1 Å². The zero-order valence-corrected chi connectivity index (χ0v) is 36.1. The maximum Gasteiger partial charge on any atom is 0.221 e. The lowest BCUT2D eigenvalue weighted by molar-refractivity contribution is -0.115. The molecule has 4 aliphatic carbocycles. The summed E-state index contributed by atoms with van der Waals surface area (Å²) in [4.78, 5) is 24.7. The predicted molar refractivity (Wildman–Crippen MR) is 234 cm³/mol. The monoisotopic (exact) mass is 780 g/mol. The molecule has 0 atom stereocenters. The van der Waals surface area contributed by atoms with Crippen LogP contribution in [0.2, 0.25) is 0 Å². The Labute approximate surface area is 344 Å². The fraction of sp³-hybridized carbons (Fsp3) is 0.440. The number of aryl methyl sites for hydroxylation is 8. The van der Waals surface area contributed by atoms with Crippen molar-refractivity contribution < 1.29 is 19.1 Å². The predicted octanol–water partition coefficient (Wildman–Crippen LogP) is 10.8. The molecule has 4 aliphatic rings. The molecule has 4 fully saturated rings. The standard InChI is InChI=1S/C50H60N4O4/c1-29-11-39(12-30(2)43(29)19-57-27-51)47-21-48(40-13-31(3)44(20-58-28-52)32(4)14-40)24-49(22-47,41-15-33(5)45(34(6)16-41)53-37(9)55)26-50(23-47,25-48)42-17-35(7)46(36(8)18-42)54-38(10)56/h11-18,27-28,51-52H,19-26H2,1-10H3,(H,53,55)(H,54,56). The van der Waals surface area contributed by atoms with Crippen molar-refractivity contribution in [2.75, 3.05) is 10.6 Å². The van der Waals surface area contributed by atoms with Crippen LogP contribution in [-0.2, 0) is 53.9 Å². The van der Waals surface area contributed by atoms with Gasteiger partial charge in [0.2, 0.25) is 11.8 Å². The number of carbonyl (C=O) groups is 2. The van der Waals surface area contributed by atoms with E-state index in [-0.39, 0.29) is 33.5 Å². The minimum atomic E-state index is -0.204. The van der Waals surface area contributed by atoms with Gasteiger partial charge < -0.3 is 20.1 Å². The van der Waals surface area contributed by atoms with Crippen molar-refractivity contribution in [3.05, 3.63) is 126 Å². The number of benzene rings is 4. The Morgan fingerprint density at radius 3 is 0.914 bits per heavy atom. The highest BCUT2D eigenvalue weighted by Gasteiger charge is 2.69. The van der Waals surface area contributed by atoms with Crippen molar-refractivity contribution in [2.24, 2.45) is 0 Å². The summed E-state index contributed by atoms with van der Waals surface area (Å²) in [5.74, 6) is -0.140. The molecule has 0 radical (unpaired) electrons. The molecule has 0 aromatic heterocycles. The van der Waals surface area contributed by atoms with Gasteiger partial charge in [0, 0.05) is 25.2 Å². The van der Waals surface area contributed by atoms with Gasteiger partial charge in [-0.05, 0) is 193 Å². The van der Waals surface area contributed by atoms with Crippen molar-refractivity contribution in [3.63, 3.8) is 0 Å². The summed E-state index contributed by atoms with van der Waals surface area (Å²) in [6.45, 7) is 21.1. The van der Waals surface area contributed by atoms with E-state index in [9.17, 15) is 9.59 Å². The number of rotatable bonds is 12. The van der Waals surface area contributed by atoms with E-state index in [0.29, 0.717) is 13.2 Å². The number of carbonyl (C=O) groups excluding carboxylic acids is 2. The van der Waals surface area contributed by atoms with Gasteiger partial charge >= 0.3 is 0 Å². The molecule has 8 heteroatoms. The molecule has 0 saturated heterocycles. The maximum atomic E-state index is 12.4. The largest absolute Gasteiger partial charge is 0.479 e. The van der Waals surface area contributed by atoms with Crippen LogP contribution in [0.1, 0.15) is 130 Å². The molecule has 304 valence electrons. The molecule has 0 aliphatic heterocycles. The van der Waals surface area contributed by atoms with E-state index in [1.54, 1.807) is 13.8 Å². The first kappa shape index (κ1) is 40.9. The van der Waals surface area contributed by atoms with Gasteiger partial charge in [-0.1, -0.05) is 48.5 Å². The second kappa shape index (κ2) is 14.9. The van der Waals surface area contributed by atoms with Gasteiger partial charge in [0.05, 0.1) is 0 Å². The SMILES string of the molecule is CC(=O)Nc1c(C)cc(C23CC4(c5cc(C)c(COC=N)c(C)c5)CC(c5cc(C)c(COC=N)c(C)c5)(C2)CC(c2cc(C)c(NC(C)=O)c(C)c2)(C4)C3)cc1C. The molecule has 0 heterocycles. The van der Waals surface area contributed by atoms with Crippen LogP contribution in [-0.4, -0.2) is 24.6 Å². The Morgan fingerprint density at radius 2 is 0.707 bits per heavy atom. The highest BCUT2D eigenvalue weighted by atomic mass is 16.5. The first-order valence-electron chi connectivity index (χ1n) is 20.6. The van der Waals surface area contributed by atoms with Crippen LogP contribution < -0.4 is 10.6 Å². The van der Waals surface area contributed by atoms with Crippen LogP contribution >= 0.6 is 0 Å². The molecule has 2 amide bonds. The highest BCUT2D eigenvalue weighted by molar-refractivity contribution is 5.91. The van der Waals surface area contributed by atoms with Gasteiger partial charge in [0.15, 0.2) is 12.8 Å². The fourth-order valence-electron chi connectivity index (χ4n) is 12.5.